The number of hydrogen-bond acceptors (Lipinski definition) is 2. The molecular weight excluding hydrogens is 244 g/mol. The van der Waals surface area contributed by atoms with Crippen LogP contribution in [0.5, 0.6) is 0 Å². The average molecular weight is 272 g/mol. The maximum atomic E-state index is 6.34. The quantitative estimate of drug-likeness (QED) is 0.891. The molecule has 3 atom stereocenters. The average Bonchev–Trinajstić information content (AvgIpc) is 2.53. The number of fused-ring (bicyclic) bond motifs is 1. The molecule has 1 aliphatic carbocycles. The van der Waals surface area contributed by atoms with Crippen LogP contribution in [0.3, 0.4) is 0 Å². The molecule has 1 aromatic carbocycles. The predicted octanol–water partition coefficient (Wildman–Crippen LogP) is 4.26. The summed E-state index contributed by atoms with van der Waals surface area (Å²) in [7, 11) is 0. The summed E-state index contributed by atoms with van der Waals surface area (Å²) in [5.41, 5.74) is 9.11. The Morgan fingerprint density at radius 3 is 2.75 bits per heavy atom. The van der Waals surface area contributed by atoms with Crippen LogP contribution in [0.15, 0.2) is 24.3 Å². The minimum absolute atomic E-state index is 0.176. The first-order valence-electron chi connectivity index (χ1n) is 8.42. The number of nitrogens with two attached hydrogens (primary N) is 1. The van der Waals surface area contributed by atoms with Crippen LogP contribution in [0, 0.1) is 5.92 Å². The van der Waals surface area contributed by atoms with Gasteiger partial charge in [0.2, 0.25) is 0 Å². The van der Waals surface area contributed by atoms with Gasteiger partial charge in [-0.1, -0.05) is 38.0 Å². The van der Waals surface area contributed by atoms with Crippen LogP contribution in [0.1, 0.15) is 63.5 Å². The van der Waals surface area contributed by atoms with E-state index in [9.17, 15) is 0 Å². The van der Waals surface area contributed by atoms with Gasteiger partial charge >= 0.3 is 0 Å². The lowest BCUT2D eigenvalue weighted by Gasteiger charge is -2.46. The summed E-state index contributed by atoms with van der Waals surface area (Å²) < 4.78 is 0. The highest BCUT2D eigenvalue weighted by molar-refractivity contribution is 5.56. The van der Waals surface area contributed by atoms with Gasteiger partial charge in [0.05, 0.1) is 0 Å². The third-order valence-electron chi connectivity index (χ3n) is 5.33. The number of piperidine rings is 1. The van der Waals surface area contributed by atoms with Crippen molar-refractivity contribution in [2.24, 2.45) is 11.7 Å². The fraction of sp³-hybridized carbons (Fsp3) is 0.667. The topological polar surface area (TPSA) is 29.3 Å². The van der Waals surface area contributed by atoms with Gasteiger partial charge in [-0.25, -0.2) is 0 Å². The number of para-hydroxylation sites is 1. The first-order valence-corrected chi connectivity index (χ1v) is 8.42. The van der Waals surface area contributed by atoms with Crippen LogP contribution >= 0.6 is 0 Å². The minimum Gasteiger partial charge on any atom is -0.368 e. The highest BCUT2D eigenvalue weighted by Crippen LogP contribution is 2.39. The monoisotopic (exact) mass is 272 g/mol. The van der Waals surface area contributed by atoms with Crippen LogP contribution in [0.2, 0.25) is 0 Å². The molecule has 2 nitrogen and oxygen atoms in total. The van der Waals surface area contributed by atoms with E-state index in [1.54, 1.807) is 0 Å². The van der Waals surface area contributed by atoms with Gasteiger partial charge < -0.3 is 10.6 Å². The molecule has 1 heterocycles. The van der Waals surface area contributed by atoms with Crippen LogP contribution in [-0.2, 0) is 0 Å². The van der Waals surface area contributed by atoms with Crippen molar-refractivity contribution in [3.8, 4) is 0 Å². The second kappa shape index (κ2) is 6.17. The van der Waals surface area contributed by atoms with Crippen molar-refractivity contribution in [1.82, 2.24) is 0 Å². The molecule has 0 amide bonds. The number of benzene rings is 1. The molecule has 1 aromatic rings. The molecule has 2 N–H and O–H groups in total. The van der Waals surface area contributed by atoms with Gasteiger partial charge in [-0.15, -0.1) is 0 Å². The van der Waals surface area contributed by atoms with E-state index in [1.807, 2.05) is 0 Å². The zero-order valence-corrected chi connectivity index (χ0v) is 12.7. The molecule has 3 rings (SSSR count). The lowest BCUT2D eigenvalue weighted by molar-refractivity contribution is 0.243. The van der Waals surface area contributed by atoms with Gasteiger partial charge in [0.15, 0.2) is 0 Å². The standard InChI is InChI=1S/C18H28N2/c1-2-16(19)15-10-4-6-12-18(15)20-13-7-9-14-8-3-5-11-17(14)20/h4,6,10,12,14,16-17H,2-3,5,7-9,11,13,19H2,1H3/t14-,16?,17-/m1/s1. The van der Waals surface area contributed by atoms with Crippen LogP contribution in [0.25, 0.3) is 0 Å². The second-order valence-electron chi connectivity index (χ2n) is 6.52. The van der Waals surface area contributed by atoms with Crippen molar-refractivity contribution in [1.29, 1.82) is 0 Å². The number of rotatable bonds is 3. The second-order valence-corrected chi connectivity index (χ2v) is 6.52. The minimum atomic E-state index is 0.176. The molecule has 2 aliphatic rings. The fourth-order valence-electron chi connectivity index (χ4n) is 4.21. The van der Waals surface area contributed by atoms with E-state index >= 15 is 0 Å². The van der Waals surface area contributed by atoms with Gasteiger partial charge in [0.1, 0.15) is 0 Å². The molecule has 20 heavy (non-hydrogen) atoms. The van der Waals surface area contributed by atoms with Gasteiger partial charge in [-0.3, -0.25) is 0 Å². The van der Waals surface area contributed by atoms with E-state index in [0.29, 0.717) is 0 Å². The molecule has 2 heteroatoms. The van der Waals surface area contributed by atoms with E-state index in [-0.39, 0.29) is 6.04 Å². The van der Waals surface area contributed by atoms with Crippen molar-refractivity contribution in [3.63, 3.8) is 0 Å². The van der Waals surface area contributed by atoms with Crippen LogP contribution in [-0.4, -0.2) is 12.6 Å². The molecule has 0 aromatic heterocycles. The third kappa shape index (κ3) is 2.58. The summed E-state index contributed by atoms with van der Waals surface area (Å²) in [4.78, 5) is 2.69. The Morgan fingerprint density at radius 1 is 1.15 bits per heavy atom. The number of anilines is 1. The SMILES string of the molecule is CCC(N)c1ccccc1N1CCC[C@H]2CCCC[C@H]21. The molecule has 1 unspecified atom stereocenters. The summed E-state index contributed by atoms with van der Waals surface area (Å²) in [6, 6.07) is 9.78. The number of hydrogen-bond donors (Lipinski definition) is 1. The van der Waals surface area contributed by atoms with E-state index in [4.69, 9.17) is 5.73 Å². The lowest BCUT2D eigenvalue weighted by atomic mass is 9.78. The summed E-state index contributed by atoms with van der Waals surface area (Å²) in [6.45, 7) is 3.40. The highest BCUT2D eigenvalue weighted by Gasteiger charge is 2.34. The summed E-state index contributed by atoms with van der Waals surface area (Å²) >= 11 is 0. The maximum absolute atomic E-state index is 6.34. The van der Waals surface area contributed by atoms with E-state index in [1.165, 1.54) is 56.3 Å². The molecule has 0 radical (unpaired) electrons. The van der Waals surface area contributed by atoms with Crippen molar-refractivity contribution in [2.45, 2.75) is 64.0 Å². The first-order chi connectivity index (χ1) is 9.81. The van der Waals surface area contributed by atoms with Crippen LogP contribution in [0.4, 0.5) is 5.69 Å². The zero-order chi connectivity index (χ0) is 13.9. The van der Waals surface area contributed by atoms with E-state index in [0.717, 1.165) is 18.4 Å². The van der Waals surface area contributed by atoms with Crippen LogP contribution < -0.4 is 10.6 Å². The van der Waals surface area contributed by atoms with Gasteiger partial charge in [0.25, 0.3) is 0 Å². The summed E-state index contributed by atoms with van der Waals surface area (Å²) in [6.07, 6.45) is 9.44. The van der Waals surface area contributed by atoms with Crippen molar-refractivity contribution in [3.05, 3.63) is 29.8 Å². The molecule has 1 aliphatic heterocycles. The van der Waals surface area contributed by atoms with E-state index < -0.39 is 0 Å². The molecule has 1 saturated heterocycles. The Morgan fingerprint density at radius 2 is 1.90 bits per heavy atom. The summed E-state index contributed by atoms with van der Waals surface area (Å²) in [5, 5.41) is 0. The normalized spacial score (nSPS) is 28.0. The van der Waals surface area contributed by atoms with Crippen molar-refractivity contribution < 1.29 is 0 Å². The fourth-order valence-corrected chi connectivity index (χ4v) is 4.21. The van der Waals surface area contributed by atoms with Crippen molar-refractivity contribution in [2.75, 3.05) is 11.4 Å². The molecule has 1 saturated carbocycles. The van der Waals surface area contributed by atoms with Gasteiger partial charge in [-0.05, 0) is 49.7 Å². The molecule has 2 fully saturated rings. The molecular formula is C18H28N2. The lowest BCUT2D eigenvalue weighted by Crippen LogP contribution is -2.47. The largest absolute Gasteiger partial charge is 0.368 e. The van der Waals surface area contributed by atoms with Gasteiger partial charge in [0, 0.05) is 24.3 Å². The Labute approximate surface area is 123 Å². The Hall–Kier alpha value is -1.02. The predicted molar refractivity (Wildman–Crippen MR) is 86.0 cm³/mol. The third-order valence-corrected chi connectivity index (χ3v) is 5.33. The summed E-state index contributed by atoms with van der Waals surface area (Å²) in [5.74, 6) is 0.920. The van der Waals surface area contributed by atoms with Crippen molar-refractivity contribution >= 4 is 5.69 Å². The Kier molecular flexibility index (Phi) is 4.30. The molecule has 0 spiro atoms. The zero-order valence-electron chi connectivity index (χ0n) is 12.7. The molecule has 110 valence electrons. The number of nitrogens with zero attached hydrogens (tertiary/aromatic N) is 1. The molecule has 0 bridgehead atoms. The smallest absolute Gasteiger partial charge is 0.0417 e. The maximum Gasteiger partial charge on any atom is 0.0417 e. The van der Waals surface area contributed by atoms with Gasteiger partial charge in [-0.2, -0.15) is 0 Å². The highest BCUT2D eigenvalue weighted by atomic mass is 15.2. The Bertz CT molecular complexity index is 441. The van der Waals surface area contributed by atoms with E-state index in [2.05, 4.69) is 36.1 Å². The Balaban J connectivity index is 1.91. The first kappa shape index (κ1) is 13.9.